The highest BCUT2D eigenvalue weighted by Crippen LogP contribution is 2.87. The van der Waals surface area contributed by atoms with E-state index in [4.69, 9.17) is 0 Å². The van der Waals surface area contributed by atoms with Crippen LogP contribution in [0.2, 0.25) is 0 Å². The van der Waals surface area contributed by atoms with Crippen LogP contribution >= 0.6 is 0 Å². The Hall–Kier alpha value is 0. The molecule has 0 nitrogen and oxygen atoms in total. The SMILES string of the molecule is CC(C)C12CC3CC(C)(C1C)C32. The summed E-state index contributed by atoms with van der Waals surface area (Å²) in [6.45, 7) is 9.90. The summed E-state index contributed by atoms with van der Waals surface area (Å²) in [5.74, 6) is 4.23. The van der Waals surface area contributed by atoms with Crippen LogP contribution in [0.25, 0.3) is 0 Å². The van der Waals surface area contributed by atoms with Gasteiger partial charge in [0.25, 0.3) is 0 Å². The maximum atomic E-state index is 2.53. The van der Waals surface area contributed by atoms with Crippen LogP contribution in [-0.4, -0.2) is 0 Å². The topological polar surface area (TPSA) is 0 Å². The van der Waals surface area contributed by atoms with Gasteiger partial charge in [-0.15, -0.1) is 0 Å². The molecule has 0 aromatic carbocycles. The first-order valence-electron chi connectivity index (χ1n) is 5.53. The first-order valence-corrected chi connectivity index (χ1v) is 5.53. The van der Waals surface area contributed by atoms with E-state index >= 15 is 0 Å². The summed E-state index contributed by atoms with van der Waals surface area (Å²) in [5, 5.41) is 0. The van der Waals surface area contributed by atoms with Crippen LogP contribution in [0.5, 0.6) is 0 Å². The minimum atomic E-state index is 0.785. The van der Waals surface area contributed by atoms with Crippen LogP contribution in [0.15, 0.2) is 0 Å². The highest BCUT2D eigenvalue weighted by Gasteiger charge is 2.81. The average Bonchev–Trinajstić information content (AvgIpc) is 1.94. The summed E-state index contributed by atoms with van der Waals surface area (Å²) in [4.78, 5) is 0. The fourth-order valence-corrected chi connectivity index (χ4v) is 5.36. The van der Waals surface area contributed by atoms with Gasteiger partial charge < -0.3 is 0 Å². The lowest BCUT2D eigenvalue weighted by Gasteiger charge is -2.87. The van der Waals surface area contributed by atoms with E-state index in [0.717, 1.165) is 34.5 Å². The van der Waals surface area contributed by atoms with Gasteiger partial charge in [0.15, 0.2) is 0 Å². The molecule has 0 bridgehead atoms. The molecule has 3 aliphatic rings. The van der Waals surface area contributed by atoms with Crippen molar-refractivity contribution in [2.45, 2.75) is 40.5 Å². The molecule has 0 amide bonds. The van der Waals surface area contributed by atoms with Gasteiger partial charge in [-0.05, 0) is 47.3 Å². The molecule has 0 spiro atoms. The van der Waals surface area contributed by atoms with Crippen molar-refractivity contribution >= 4 is 0 Å². The van der Waals surface area contributed by atoms with Gasteiger partial charge in [-0.25, -0.2) is 0 Å². The summed E-state index contributed by atoms with van der Waals surface area (Å²) >= 11 is 0. The van der Waals surface area contributed by atoms with Crippen LogP contribution in [-0.2, 0) is 0 Å². The van der Waals surface area contributed by atoms with E-state index < -0.39 is 0 Å². The lowest BCUT2D eigenvalue weighted by molar-refractivity contribution is -0.388. The van der Waals surface area contributed by atoms with Crippen LogP contribution in [0, 0.1) is 34.5 Å². The van der Waals surface area contributed by atoms with Crippen LogP contribution in [0.1, 0.15) is 40.5 Å². The predicted octanol–water partition coefficient (Wildman–Crippen LogP) is 3.32. The van der Waals surface area contributed by atoms with E-state index in [9.17, 15) is 0 Å². The van der Waals surface area contributed by atoms with Gasteiger partial charge in [-0.2, -0.15) is 0 Å². The molecule has 12 heavy (non-hydrogen) atoms. The predicted molar refractivity (Wildman–Crippen MR) is 50.8 cm³/mol. The van der Waals surface area contributed by atoms with Gasteiger partial charge in [0.2, 0.25) is 0 Å². The van der Waals surface area contributed by atoms with Gasteiger partial charge in [-0.3, -0.25) is 0 Å². The normalized spacial score (nSPS) is 66.2. The van der Waals surface area contributed by atoms with Crippen molar-refractivity contribution < 1.29 is 0 Å². The molecule has 3 saturated carbocycles. The van der Waals surface area contributed by atoms with Crippen molar-refractivity contribution in [3.05, 3.63) is 0 Å². The van der Waals surface area contributed by atoms with E-state index in [2.05, 4.69) is 27.7 Å². The zero-order valence-electron chi connectivity index (χ0n) is 8.72. The first-order chi connectivity index (χ1) is 5.53. The van der Waals surface area contributed by atoms with Gasteiger partial charge >= 0.3 is 0 Å². The highest BCUT2D eigenvalue weighted by atomic mass is 14.9. The van der Waals surface area contributed by atoms with Crippen molar-refractivity contribution in [3.8, 4) is 0 Å². The summed E-state index contributed by atoms with van der Waals surface area (Å²) in [5.41, 5.74) is 1.59. The highest BCUT2D eigenvalue weighted by molar-refractivity contribution is 5.29. The van der Waals surface area contributed by atoms with Gasteiger partial charge in [0.1, 0.15) is 0 Å². The van der Waals surface area contributed by atoms with Crippen molar-refractivity contribution in [2.75, 3.05) is 0 Å². The van der Waals surface area contributed by atoms with Crippen molar-refractivity contribution in [1.29, 1.82) is 0 Å². The smallest absolute Gasteiger partial charge is 0.0204 e. The molecule has 3 aliphatic carbocycles. The van der Waals surface area contributed by atoms with Crippen molar-refractivity contribution in [3.63, 3.8) is 0 Å². The monoisotopic (exact) mass is 164 g/mol. The molecule has 0 saturated heterocycles. The maximum Gasteiger partial charge on any atom is -0.0204 e. The fourth-order valence-electron chi connectivity index (χ4n) is 5.36. The Labute approximate surface area is 75.7 Å². The lowest BCUT2D eigenvalue weighted by atomic mass is 9.18. The third kappa shape index (κ3) is 0.418. The molecule has 0 aromatic rings. The molecule has 0 aliphatic heterocycles. The standard InChI is InChI=1S/C12H20/c1-7(2)12-6-9-5-11(4,8(12)3)10(9)12/h7-10H,5-6H2,1-4H3. The van der Waals surface area contributed by atoms with Crippen LogP contribution < -0.4 is 0 Å². The van der Waals surface area contributed by atoms with Gasteiger partial charge in [0, 0.05) is 0 Å². The molecule has 0 N–H and O–H groups in total. The Morgan fingerprint density at radius 1 is 1.25 bits per heavy atom. The quantitative estimate of drug-likeness (QED) is 0.557. The molecular weight excluding hydrogens is 144 g/mol. The third-order valence-electron chi connectivity index (χ3n) is 5.95. The fraction of sp³-hybridized carbons (Fsp3) is 1.00. The van der Waals surface area contributed by atoms with E-state index in [0.29, 0.717) is 0 Å². The van der Waals surface area contributed by atoms with E-state index in [-0.39, 0.29) is 0 Å². The Kier molecular flexibility index (Phi) is 1.00. The van der Waals surface area contributed by atoms with E-state index in [1.807, 2.05) is 0 Å². The number of hydrogen-bond donors (Lipinski definition) is 0. The zero-order valence-corrected chi connectivity index (χ0v) is 8.72. The molecule has 68 valence electrons. The molecule has 0 heterocycles. The molecule has 5 atom stereocenters. The Balaban J connectivity index is 1.95. The molecule has 3 rings (SSSR count). The molecule has 0 aromatic heterocycles. The average molecular weight is 164 g/mol. The second-order valence-corrected chi connectivity index (χ2v) is 6.14. The number of hydrogen-bond acceptors (Lipinski definition) is 0. The Bertz CT molecular complexity index is 232. The Morgan fingerprint density at radius 3 is 2.25 bits per heavy atom. The van der Waals surface area contributed by atoms with Gasteiger partial charge in [0.05, 0.1) is 0 Å². The summed E-state index contributed by atoms with van der Waals surface area (Å²) < 4.78 is 0. The minimum absolute atomic E-state index is 0.785. The molecule has 0 heteroatoms. The maximum absolute atomic E-state index is 2.53. The lowest BCUT2D eigenvalue weighted by Crippen LogP contribution is -2.81. The Morgan fingerprint density at radius 2 is 1.92 bits per heavy atom. The molecule has 3 fully saturated rings. The first kappa shape index (κ1) is 7.41. The number of rotatable bonds is 1. The second-order valence-electron chi connectivity index (χ2n) is 6.14. The van der Waals surface area contributed by atoms with Crippen LogP contribution in [0.4, 0.5) is 0 Å². The summed E-state index contributed by atoms with van der Waals surface area (Å²) in [6.07, 6.45) is 3.11. The van der Waals surface area contributed by atoms with Crippen molar-refractivity contribution in [2.24, 2.45) is 34.5 Å². The van der Waals surface area contributed by atoms with Crippen molar-refractivity contribution in [1.82, 2.24) is 0 Å². The zero-order chi connectivity index (χ0) is 8.72. The second kappa shape index (κ2) is 1.63. The molecule has 5 unspecified atom stereocenters. The van der Waals surface area contributed by atoms with E-state index in [1.54, 1.807) is 12.8 Å². The molecular formula is C12H20. The van der Waals surface area contributed by atoms with E-state index in [1.165, 1.54) is 0 Å². The summed E-state index contributed by atoms with van der Waals surface area (Å²) in [6, 6.07) is 0. The molecule has 0 radical (unpaired) electrons. The largest absolute Gasteiger partial charge is 0.0622 e. The third-order valence-corrected chi connectivity index (χ3v) is 5.95. The van der Waals surface area contributed by atoms with Crippen LogP contribution in [0.3, 0.4) is 0 Å². The summed E-state index contributed by atoms with van der Waals surface area (Å²) in [7, 11) is 0. The minimum Gasteiger partial charge on any atom is -0.0622 e. The van der Waals surface area contributed by atoms with Gasteiger partial charge in [-0.1, -0.05) is 27.7 Å².